The Kier molecular flexibility index (Phi) is 4.47. The van der Waals surface area contributed by atoms with Gasteiger partial charge in [0.15, 0.2) is 5.82 Å². The molecule has 140 valence electrons. The average molecular weight is 367 g/mol. The van der Waals surface area contributed by atoms with E-state index in [1.54, 1.807) is 25.1 Å². The average Bonchev–Trinajstić information content (AvgIpc) is 3.30. The number of aromatic nitrogens is 4. The largest absolute Gasteiger partial charge is 0.343 e. The minimum atomic E-state index is -0.556. The van der Waals surface area contributed by atoms with Crippen LogP contribution in [0.15, 0.2) is 33.6 Å². The van der Waals surface area contributed by atoms with Crippen molar-refractivity contribution in [2.75, 3.05) is 0 Å². The van der Waals surface area contributed by atoms with Crippen molar-refractivity contribution in [3.05, 3.63) is 52.2 Å². The normalized spacial score (nSPS) is 15.9. The van der Waals surface area contributed by atoms with Crippen LogP contribution in [0, 0.1) is 6.92 Å². The monoisotopic (exact) mass is 367 g/mol. The maximum atomic E-state index is 12.6. The number of H-pyrrole nitrogens is 1. The molecule has 0 unspecified atom stereocenters. The van der Waals surface area contributed by atoms with E-state index < -0.39 is 5.54 Å². The Morgan fingerprint density at radius 1 is 1.26 bits per heavy atom. The molecule has 2 heterocycles. The van der Waals surface area contributed by atoms with Crippen molar-refractivity contribution in [2.45, 2.75) is 51.0 Å². The summed E-state index contributed by atoms with van der Waals surface area (Å²) >= 11 is 0. The second-order valence-electron chi connectivity index (χ2n) is 7.00. The molecule has 1 amide bonds. The maximum Gasteiger partial charge on any atom is 0.258 e. The van der Waals surface area contributed by atoms with Gasteiger partial charge < -0.3 is 14.8 Å². The number of aromatic amines is 1. The van der Waals surface area contributed by atoms with Crippen LogP contribution in [0.2, 0.25) is 0 Å². The molecule has 8 heteroatoms. The Morgan fingerprint density at radius 2 is 2.04 bits per heavy atom. The van der Waals surface area contributed by atoms with Gasteiger partial charge in [0, 0.05) is 19.8 Å². The smallest absolute Gasteiger partial charge is 0.258 e. The van der Waals surface area contributed by atoms with Crippen molar-refractivity contribution in [2.24, 2.45) is 0 Å². The van der Waals surface area contributed by atoms with E-state index in [1.165, 1.54) is 0 Å². The molecular weight excluding hydrogens is 346 g/mol. The fourth-order valence-electron chi connectivity index (χ4n) is 3.69. The van der Waals surface area contributed by atoms with E-state index in [9.17, 15) is 9.59 Å². The van der Waals surface area contributed by atoms with E-state index in [0.717, 1.165) is 25.7 Å². The van der Waals surface area contributed by atoms with Gasteiger partial charge in [0.2, 0.25) is 11.8 Å². The van der Waals surface area contributed by atoms with Crippen molar-refractivity contribution in [3.63, 3.8) is 0 Å². The topological polar surface area (TPSA) is 114 Å². The van der Waals surface area contributed by atoms with Crippen molar-refractivity contribution in [1.82, 2.24) is 25.4 Å². The molecule has 0 aliphatic heterocycles. The molecule has 0 saturated heterocycles. The van der Waals surface area contributed by atoms with Gasteiger partial charge in [0.1, 0.15) is 11.4 Å². The van der Waals surface area contributed by atoms with Gasteiger partial charge in [0.05, 0.1) is 10.9 Å². The molecular formula is C19H21N5O3. The second-order valence-corrected chi connectivity index (χ2v) is 7.00. The first-order valence-corrected chi connectivity index (χ1v) is 9.15. The number of rotatable bonds is 5. The Balaban J connectivity index is 1.47. The number of amides is 1. The zero-order valence-corrected chi connectivity index (χ0v) is 15.1. The third-order valence-corrected chi connectivity index (χ3v) is 5.04. The fraction of sp³-hybridized carbons (Fsp3) is 0.421. The summed E-state index contributed by atoms with van der Waals surface area (Å²) in [6.45, 7) is 1.74. The van der Waals surface area contributed by atoms with Crippen molar-refractivity contribution >= 4 is 16.8 Å². The van der Waals surface area contributed by atoms with Crippen LogP contribution in [0.3, 0.4) is 0 Å². The summed E-state index contributed by atoms with van der Waals surface area (Å²) in [4.78, 5) is 36.3. The summed E-state index contributed by atoms with van der Waals surface area (Å²) in [6, 6.07) is 7.16. The van der Waals surface area contributed by atoms with Crippen LogP contribution in [0.4, 0.5) is 0 Å². The van der Waals surface area contributed by atoms with E-state index >= 15 is 0 Å². The van der Waals surface area contributed by atoms with Crippen molar-refractivity contribution in [1.29, 1.82) is 0 Å². The van der Waals surface area contributed by atoms with Crippen LogP contribution in [-0.4, -0.2) is 26.0 Å². The third-order valence-electron chi connectivity index (χ3n) is 5.04. The lowest BCUT2D eigenvalue weighted by molar-refractivity contribution is -0.123. The minimum absolute atomic E-state index is 0.116. The number of aryl methyl sites for hydroxylation is 2. The predicted molar refractivity (Wildman–Crippen MR) is 98.0 cm³/mol. The fourth-order valence-corrected chi connectivity index (χ4v) is 3.69. The van der Waals surface area contributed by atoms with Gasteiger partial charge in [0.25, 0.3) is 5.56 Å². The summed E-state index contributed by atoms with van der Waals surface area (Å²) < 4.78 is 5.10. The second kappa shape index (κ2) is 6.94. The highest BCUT2D eigenvalue weighted by Crippen LogP contribution is 2.37. The molecule has 2 aromatic heterocycles. The number of nitrogens with zero attached hydrogens (tertiary/aromatic N) is 3. The van der Waals surface area contributed by atoms with Gasteiger partial charge in [-0.25, -0.2) is 4.98 Å². The lowest BCUT2D eigenvalue weighted by Gasteiger charge is -2.26. The Hall–Kier alpha value is -3.03. The molecule has 27 heavy (non-hydrogen) atoms. The number of hydrogen-bond acceptors (Lipinski definition) is 6. The van der Waals surface area contributed by atoms with Crippen molar-refractivity contribution < 1.29 is 9.32 Å². The van der Waals surface area contributed by atoms with E-state index in [0.29, 0.717) is 34.9 Å². The number of carbonyl (C=O) groups excluding carboxylic acids is 1. The molecule has 2 N–H and O–H groups in total. The zero-order valence-electron chi connectivity index (χ0n) is 15.1. The van der Waals surface area contributed by atoms with Gasteiger partial charge in [-0.15, -0.1) is 0 Å². The number of hydrogen-bond donors (Lipinski definition) is 2. The minimum Gasteiger partial charge on any atom is -0.343 e. The molecule has 1 fully saturated rings. The summed E-state index contributed by atoms with van der Waals surface area (Å²) in [7, 11) is 0. The number of carbonyl (C=O) groups is 1. The Morgan fingerprint density at radius 3 is 2.78 bits per heavy atom. The first-order chi connectivity index (χ1) is 13.1. The highest BCUT2D eigenvalue weighted by atomic mass is 16.5. The van der Waals surface area contributed by atoms with Gasteiger partial charge >= 0.3 is 0 Å². The third kappa shape index (κ3) is 3.47. The van der Waals surface area contributed by atoms with E-state index in [1.807, 2.05) is 6.07 Å². The molecule has 1 saturated carbocycles. The first kappa shape index (κ1) is 17.4. The summed E-state index contributed by atoms with van der Waals surface area (Å²) in [5.41, 5.74) is -0.115. The lowest BCUT2D eigenvalue weighted by Crippen LogP contribution is -2.44. The molecule has 1 aliphatic carbocycles. The molecule has 0 bridgehead atoms. The van der Waals surface area contributed by atoms with Gasteiger partial charge in [-0.05, 0) is 25.0 Å². The highest BCUT2D eigenvalue weighted by Gasteiger charge is 2.41. The number of para-hydroxylation sites is 1. The number of fused-ring (bicyclic) bond motifs is 1. The van der Waals surface area contributed by atoms with Crippen LogP contribution >= 0.6 is 0 Å². The Bertz CT molecular complexity index is 1030. The van der Waals surface area contributed by atoms with E-state index in [4.69, 9.17) is 4.52 Å². The molecule has 0 atom stereocenters. The van der Waals surface area contributed by atoms with Crippen LogP contribution in [-0.2, 0) is 16.8 Å². The molecule has 0 radical (unpaired) electrons. The van der Waals surface area contributed by atoms with E-state index in [-0.39, 0.29) is 17.9 Å². The maximum absolute atomic E-state index is 12.6. The predicted octanol–water partition coefficient (Wildman–Crippen LogP) is 2.13. The lowest BCUT2D eigenvalue weighted by atomic mass is 9.96. The molecule has 1 aromatic carbocycles. The zero-order chi connectivity index (χ0) is 18.9. The van der Waals surface area contributed by atoms with Gasteiger partial charge in [-0.1, -0.05) is 30.1 Å². The SMILES string of the molecule is Cc1nc(C2(NC(=O)CCc3nc4ccccc4c(=O)[nH]3)CCCC2)no1. The molecule has 3 aromatic rings. The van der Waals surface area contributed by atoms with E-state index in [2.05, 4.69) is 25.4 Å². The van der Waals surface area contributed by atoms with Crippen LogP contribution in [0.5, 0.6) is 0 Å². The van der Waals surface area contributed by atoms with Crippen LogP contribution in [0.25, 0.3) is 10.9 Å². The highest BCUT2D eigenvalue weighted by molar-refractivity contribution is 5.78. The quantitative estimate of drug-likeness (QED) is 0.714. The summed E-state index contributed by atoms with van der Waals surface area (Å²) in [6.07, 6.45) is 4.18. The standard InChI is InChI=1S/C19H21N5O3/c1-12-20-18(24-27-12)19(10-4-5-11-19)23-16(25)9-8-15-21-14-7-3-2-6-13(14)17(26)22-15/h2-3,6-7H,4-5,8-11H2,1H3,(H,23,25)(H,21,22,26). The molecule has 8 nitrogen and oxygen atoms in total. The molecule has 4 rings (SSSR count). The number of nitrogens with one attached hydrogen (secondary N) is 2. The Labute approximate surface area is 155 Å². The molecule has 0 spiro atoms. The van der Waals surface area contributed by atoms with Crippen LogP contribution < -0.4 is 10.9 Å². The van der Waals surface area contributed by atoms with Gasteiger partial charge in [-0.2, -0.15) is 4.98 Å². The van der Waals surface area contributed by atoms with Crippen molar-refractivity contribution in [3.8, 4) is 0 Å². The van der Waals surface area contributed by atoms with Crippen LogP contribution in [0.1, 0.15) is 49.6 Å². The summed E-state index contributed by atoms with van der Waals surface area (Å²) in [5, 5.41) is 7.67. The van der Waals surface area contributed by atoms with Gasteiger partial charge in [-0.3, -0.25) is 9.59 Å². The number of benzene rings is 1. The first-order valence-electron chi connectivity index (χ1n) is 9.15. The summed E-state index contributed by atoms with van der Waals surface area (Å²) in [5.74, 6) is 1.42. The molecule has 1 aliphatic rings.